The minimum atomic E-state index is -1.56. The van der Waals surface area contributed by atoms with Crippen LogP contribution in [0.4, 0.5) is 0 Å². The number of carbonyl (C=O) groups is 2. The molecule has 0 aromatic carbocycles. The standard InChI is InChI=1S/C18H34O6.Zr/c1-5-8-11-21-15-18(22-12-9-6-2,23-13-10-7-3)24-17(20)14-16(4)19;/h5-15H2,1-4H3;. The third kappa shape index (κ3) is 14.7. The van der Waals surface area contributed by atoms with Crippen LogP contribution in [0, 0.1) is 0 Å². The maximum absolute atomic E-state index is 12.0. The summed E-state index contributed by atoms with van der Waals surface area (Å²) < 4.78 is 22.5. The van der Waals surface area contributed by atoms with Crippen molar-refractivity contribution in [2.24, 2.45) is 0 Å². The smallest absolute Gasteiger partial charge is 0.354 e. The van der Waals surface area contributed by atoms with Crippen LogP contribution in [0.1, 0.15) is 72.6 Å². The number of unbranched alkanes of at least 4 members (excludes halogenated alkanes) is 3. The molecule has 25 heavy (non-hydrogen) atoms. The molecule has 0 saturated carbocycles. The van der Waals surface area contributed by atoms with Gasteiger partial charge >= 0.3 is 11.9 Å². The molecule has 0 atom stereocenters. The summed E-state index contributed by atoms with van der Waals surface area (Å²) in [6.07, 6.45) is 5.14. The zero-order chi connectivity index (χ0) is 18.3. The number of hydrogen-bond donors (Lipinski definition) is 0. The Morgan fingerprint density at radius 3 is 1.76 bits per heavy atom. The Bertz CT molecular complexity index is 338. The van der Waals surface area contributed by atoms with Crippen LogP contribution < -0.4 is 0 Å². The van der Waals surface area contributed by atoms with E-state index in [1.54, 1.807) is 0 Å². The van der Waals surface area contributed by atoms with E-state index in [-0.39, 0.29) is 45.0 Å². The zero-order valence-electron chi connectivity index (χ0n) is 16.2. The Morgan fingerprint density at radius 1 is 0.840 bits per heavy atom. The number of ether oxygens (including phenoxy) is 4. The Hall–Kier alpha value is -0.0969. The molecule has 6 nitrogen and oxygen atoms in total. The number of esters is 1. The van der Waals surface area contributed by atoms with Gasteiger partial charge in [0.25, 0.3) is 0 Å². The van der Waals surface area contributed by atoms with Gasteiger partial charge in [-0.3, -0.25) is 9.59 Å². The second kappa shape index (κ2) is 17.3. The van der Waals surface area contributed by atoms with Crippen molar-refractivity contribution in [2.75, 3.05) is 26.4 Å². The Labute approximate surface area is 171 Å². The van der Waals surface area contributed by atoms with Gasteiger partial charge in [0.1, 0.15) is 18.8 Å². The van der Waals surface area contributed by atoms with E-state index in [1.807, 2.05) is 13.8 Å². The Balaban J connectivity index is 0. The fraction of sp³-hybridized carbons (Fsp3) is 0.889. The molecule has 0 aromatic heterocycles. The SMILES string of the molecule is CCCCOCC(OCCCC)(OCCCC)OC(=O)CC(C)=O.[Zr]. The molecule has 146 valence electrons. The molecule has 7 heteroatoms. The zero-order valence-corrected chi connectivity index (χ0v) is 18.7. The van der Waals surface area contributed by atoms with Crippen LogP contribution in [0.2, 0.25) is 0 Å². The molecule has 0 aliphatic heterocycles. The molecular formula is C18H34O6Zr. The predicted molar refractivity (Wildman–Crippen MR) is 91.6 cm³/mol. The molecule has 0 radical (unpaired) electrons. The first-order valence-corrected chi connectivity index (χ1v) is 9.06. The van der Waals surface area contributed by atoms with Crippen molar-refractivity contribution in [2.45, 2.75) is 78.6 Å². The van der Waals surface area contributed by atoms with Crippen molar-refractivity contribution in [3.63, 3.8) is 0 Å². The number of carbonyl (C=O) groups excluding carboxylic acids is 2. The quantitative estimate of drug-likeness (QED) is 0.159. The van der Waals surface area contributed by atoms with Gasteiger partial charge in [0.05, 0.1) is 13.2 Å². The average molecular weight is 438 g/mol. The molecular weight excluding hydrogens is 403 g/mol. The molecule has 0 aliphatic carbocycles. The van der Waals surface area contributed by atoms with Crippen molar-refractivity contribution in [3.8, 4) is 0 Å². The number of rotatable bonds is 16. The summed E-state index contributed by atoms with van der Waals surface area (Å²) in [6, 6.07) is 0. The van der Waals surface area contributed by atoms with Crippen LogP contribution in [0.25, 0.3) is 0 Å². The largest absolute Gasteiger partial charge is 0.405 e. The van der Waals surface area contributed by atoms with E-state index in [9.17, 15) is 9.59 Å². The maximum atomic E-state index is 12.0. The summed E-state index contributed by atoms with van der Waals surface area (Å²) in [7, 11) is 0. The molecule has 0 aliphatic rings. The van der Waals surface area contributed by atoms with E-state index >= 15 is 0 Å². The summed E-state index contributed by atoms with van der Waals surface area (Å²) in [5.41, 5.74) is 0. The fourth-order valence-electron chi connectivity index (χ4n) is 1.81. The summed E-state index contributed by atoms with van der Waals surface area (Å²) in [5.74, 6) is -2.48. The molecule has 0 rings (SSSR count). The van der Waals surface area contributed by atoms with Crippen LogP contribution >= 0.6 is 0 Å². The van der Waals surface area contributed by atoms with E-state index in [1.165, 1.54) is 6.92 Å². The molecule has 0 N–H and O–H groups in total. The third-order valence-electron chi connectivity index (χ3n) is 3.22. The van der Waals surface area contributed by atoms with Crippen LogP contribution in [-0.4, -0.2) is 44.2 Å². The van der Waals surface area contributed by atoms with E-state index < -0.39 is 11.9 Å². The maximum Gasteiger partial charge on any atom is 0.354 e. The van der Waals surface area contributed by atoms with Crippen molar-refractivity contribution >= 4 is 11.8 Å². The Morgan fingerprint density at radius 2 is 1.32 bits per heavy atom. The molecule has 0 fully saturated rings. The molecule has 0 aromatic rings. The van der Waals surface area contributed by atoms with E-state index in [2.05, 4.69) is 6.92 Å². The second-order valence-electron chi connectivity index (χ2n) is 5.85. The number of hydrogen-bond acceptors (Lipinski definition) is 6. The summed E-state index contributed by atoms with van der Waals surface area (Å²) in [6.45, 7) is 8.83. The van der Waals surface area contributed by atoms with E-state index in [4.69, 9.17) is 18.9 Å². The molecule has 0 bridgehead atoms. The number of Topliss-reactive ketones (excluding diaryl/α,β-unsaturated/α-hetero) is 1. The van der Waals surface area contributed by atoms with Crippen molar-refractivity contribution in [3.05, 3.63) is 0 Å². The van der Waals surface area contributed by atoms with Crippen LogP contribution in [-0.2, 0) is 54.7 Å². The van der Waals surface area contributed by atoms with Gasteiger partial charge in [-0.25, -0.2) is 0 Å². The van der Waals surface area contributed by atoms with Crippen molar-refractivity contribution in [1.29, 1.82) is 0 Å². The summed E-state index contributed by atoms with van der Waals surface area (Å²) in [4.78, 5) is 23.1. The van der Waals surface area contributed by atoms with Gasteiger partial charge in [0, 0.05) is 32.8 Å². The first-order valence-electron chi connectivity index (χ1n) is 9.06. The van der Waals surface area contributed by atoms with Gasteiger partial charge < -0.3 is 18.9 Å². The van der Waals surface area contributed by atoms with Gasteiger partial charge in [-0.15, -0.1) is 0 Å². The fourth-order valence-corrected chi connectivity index (χ4v) is 1.81. The monoisotopic (exact) mass is 436 g/mol. The Kier molecular flexibility index (Phi) is 18.8. The molecule has 0 saturated heterocycles. The van der Waals surface area contributed by atoms with Crippen LogP contribution in [0.5, 0.6) is 0 Å². The first-order chi connectivity index (χ1) is 11.5. The minimum Gasteiger partial charge on any atom is -0.405 e. The van der Waals surface area contributed by atoms with Gasteiger partial charge in [-0.05, 0) is 26.2 Å². The van der Waals surface area contributed by atoms with E-state index in [0.29, 0.717) is 19.8 Å². The number of ketones is 1. The molecule has 0 spiro atoms. The van der Waals surface area contributed by atoms with Crippen LogP contribution in [0.3, 0.4) is 0 Å². The minimum absolute atomic E-state index is 0. The molecule has 0 amide bonds. The van der Waals surface area contributed by atoms with Crippen LogP contribution in [0.15, 0.2) is 0 Å². The normalized spacial score (nSPS) is 11.0. The second-order valence-corrected chi connectivity index (χ2v) is 5.85. The van der Waals surface area contributed by atoms with E-state index in [0.717, 1.165) is 38.5 Å². The first kappa shape index (κ1) is 27.1. The van der Waals surface area contributed by atoms with Gasteiger partial charge in [0.2, 0.25) is 0 Å². The summed E-state index contributed by atoms with van der Waals surface area (Å²) >= 11 is 0. The topological polar surface area (TPSA) is 71.1 Å². The van der Waals surface area contributed by atoms with Gasteiger partial charge in [-0.1, -0.05) is 40.0 Å². The molecule has 0 unspecified atom stereocenters. The summed E-state index contributed by atoms with van der Waals surface area (Å²) in [5, 5.41) is 0. The van der Waals surface area contributed by atoms with Gasteiger partial charge in [0.15, 0.2) is 0 Å². The third-order valence-corrected chi connectivity index (χ3v) is 3.22. The average Bonchev–Trinajstić information content (AvgIpc) is 2.51. The predicted octanol–water partition coefficient (Wildman–Crippen LogP) is 3.61. The van der Waals surface area contributed by atoms with Gasteiger partial charge in [-0.2, -0.15) is 0 Å². The molecule has 0 heterocycles. The van der Waals surface area contributed by atoms with Crippen molar-refractivity contribution < 1.29 is 54.7 Å². The van der Waals surface area contributed by atoms with Crippen molar-refractivity contribution in [1.82, 2.24) is 0 Å².